The Kier molecular flexibility index (Phi) is 11.9. The minimum absolute atomic E-state index is 0. The Balaban J connectivity index is 0.00000392. The molecule has 0 aromatic heterocycles. The number of piperidine rings is 1. The first-order valence-corrected chi connectivity index (χ1v) is 9.75. The van der Waals surface area contributed by atoms with E-state index in [1.165, 1.54) is 0 Å². The van der Waals surface area contributed by atoms with E-state index in [1.807, 2.05) is 13.0 Å². The number of likely N-dealkylation sites (tertiary alicyclic amines) is 1. The molecule has 1 amide bonds. The number of benzene rings is 1. The van der Waals surface area contributed by atoms with Crippen molar-refractivity contribution in [2.24, 2.45) is 4.99 Å². The summed E-state index contributed by atoms with van der Waals surface area (Å²) in [5.74, 6) is 1.46. The van der Waals surface area contributed by atoms with Gasteiger partial charge in [-0.2, -0.15) is 0 Å². The molecule has 0 aliphatic carbocycles. The minimum atomic E-state index is -0.119. The van der Waals surface area contributed by atoms with E-state index in [-0.39, 0.29) is 29.9 Å². The van der Waals surface area contributed by atoms with Crippen molar-refractivity contribution < 1.29 is 14.3 Å². The molecule has 28 heavy (non-hydrogen) atoms. The smallest absolute Gasteiger partial charge is 0.251 e. The zero-order chi connectivity index (χ0) is 19.5. The molecule has 1 aliphatic rings. The lowest BCUT2D eigenvalue weighted by atomic mass is 10.1. The second-order valence-corrected chi connectivity index (χ2v) is 6.37. The van der Waals surface area contributed by atoms with Crippen molar-refractivity contribution >= 4 is 35.8 Å². The predicted molar refractivity (Wildman–Crippen MR) is 123 cm³/mol. The molecule has 1 fully saturated rings. The monoisotopic (exact) mass is 504 g/mol. The van der Waals surface area contributed by atoms with E-state index in [9.17, 15) is 4.79 Å². The van der Waals surface area contributed by atoms with Gasteiger partial charge in [0.05, 0.1) is 19.8 Å². The Labute approximate surface area is 185 Å². The van der Waals surface area contributed by atoms with Crippen molar-refractivity contribution in [2.45, 2.75) is 32.8 Å². The van der Waals surface area contributed by atoms with Crippen LogP contribution in [0.3, 0.4) is 0 Å². The highest BCUT2D eigenvalue weighted by Crippen LogP contribution is 2.14. The molecule has 1 aliphatic heterocycles. The number of guanidine groups is 1. The number of carbonyl (C=O) groups excluding carboxylic acids is 1. The topological polar surface area (TPSA) is 75.2 Å². The summed E-state index contributed by atoms with van der Waals surface area (Å²) in [4.78, 5) is 19.2. The summed E-state index contributed by atoms with van der Waals surface area (Å²) in [6.45, 7) is 8.58. The van der Waals surface area contributed by atoms with Crippen LogP contribution in [0, 0.1) is 0 Å². The van der Waals surface area contributed by atoms with Gasteiger partial charge in [-0.25, -0.2) is 0 Å². The molecule has 1 saturated heterocycles. The Hall–Kier alpha value is -1.55. The van der Waals surface area contributed by atoms with Gasteiger partial charge in [-0.1, -0.05) is 6.07 Å². The SMILES string of the molecule is CCNC(=NCCNC(=O)c1cccc(OC)c1)N1CCC(OCC)CC1.I. The lowest BCUT2D eigenvalue weighted by molar-refractivity contribution is 0.0264. The van der Waals surface area contributed by atoms with Crippen LogP contribution in [0.4, 0.5) is 0 Å². The number of rotatable bonds is 8. The van der Waals surface area contributed by atoms with Gasteiger partial charge in [-0.3, -0.25) is 9.79 Å². The van der Waals surface area contributed by atoms with Gasteiger partial charge in [0.15, 0.2) is 5.96 Å². The molecule has 0 saturated carbocycles. The number of nitrogens with one attached hydrogen (secondary N) is 2. The number of carbonyl (C=O) groups is 1. The van der Waals surface area contributed by atoms with Crippen molar-refractivity contribution in [1.29, 1.82) is 0 Å². The fourth-order valence-electron chi connectivity index (χ4n) is 3.09. The average Bonchev–Trinajstić information content (AvgIpc) is 2.71. The Bertz CT molecular complexity index is 619. The second kappa shape index (κ2) is 13.6. The summed E-state index contributed by atoms with van der Waals surface area (Å²) in [6.07, 6.45) is 2.40. The maximum absolute atomic E-state index is 12.2. The average molecular weight is 504 g/mol. The van der Waals surface area contributed by atoms with Crippen LogP contribution in [0.1, 0.15) is 37.0 Å². The molecule has 1 aromatic carbocycles. The minimum Gasteiger partial charge on any atom is -0.497 e. The molecular weight excluding hydrogens is 471 g/mol. The number of amides is 1. The first-order valence-electron chi connectivity index (χ1n) is 9.75. The molecule has 7 nitrogen and oxygen atoms in total. The highest BCUT2D eigenvalue weighted by Gasteiger charge is 2.21. The molecule has 0 radical (unpaired) electrons. The van der Waals surface area contributed by atoms with Crippen LogP contribution in [-0.4, -0.2) is 69.3 Å². The molecule has 0 spiro atoms. The van der Waals surface area contributed by atoms with E-state index in [0.29, 0.717) is 30.5 Å². The summed E-state index contributed by atoms with van der Waals surface area (Å²) >= 11 is 0. The van der Waals surface area contributed by atoms with Crippen LogP contribution in [0.15, 0.2) is 29.3 Å². The number of methoxy groups -OCH3 is 1. The fourth-order valence-corrected chi connectivity index (χ4v) is 3.09. The van der Waals surface area contributed by atoms with Gasteiger partial charge in [0.2, 0.25) is 0 Å². The van der Waals surface area contributed by atoms with Gasteiger partial charge in [0, 0.05) is 38.3 Å². The van der Waals surface area contributed by atoms with Crippen LogP contribution in [-0.2, 0) is 4.74 Å². The summed E-state index contributed by atoms with van der Waals surface area (Å²) < 4.78 is 10.9. The maximum atomic E-state index is 12.2. The molecule has 2 N–H and O–H groups in total. The first-order chi connectivity index (χ1) is 13.2. The first kappa shape index (κ1) is 24.5. The highest BCUT2D eigenvalue weighted by atomic mass is 127. The number of ether oxygens (including phenoxy) is 2. The summed E-state index contributed by atoms with van der Waals surface area (Å²) in [5.41, 5.74) is 0.586. The van der Waals surface area contributed by atoms with Gasteiger partial charge in [-0.05, 0) is 44.9 Å². The fraction of sp³-hybridized carbons (Fsp3) is 0.600. The van der Waals surface area contributed by atoms with Crippen LogP contribution >= 0.6 is 24.0 Å². The third-order valence-corrected chi connectivity index (χ3v) is 4.47. The zero-order valence-corrected chi connectivity index (χ0v) is 19.4. The summed E-state index contributed by atoms with van der Waals surface area (Å²) in [6, 6.07) is 7.12. The largest absolute Gasteiger partial charge is 0.497 e. The van der Waals surface area contributed by atoms with E-state index in [2.05, 4.69) is 27.4 Å². The highest BCUT2D eigenvalue weighted by molar-refractivity contribution is 14.0. The van der Waals surface area contributed by atoms with Crippen LogP contribution in [0.25, 0.3) is 0 Å². The quantitative estimate of drug-likeness (QED) is 0.246. The lowest BCUT2D eigenvalue weighted by Gasteiger charge is -2.34. The van der Waals surface area contributed by atoms with Crippen molar-refractivity contribution in [3.05, 3.63) is 29.8 Å². The van der Waals surface area contributed by atoms with Crippen molar-refractivity contribution in [3.8, 4) is 5.75 Å². The Morgan fingerprint density at radius 3 is 2.64 bits per heavy atom. The molecule has 0 bridgehead atoms. The van der Waals surface area contributed by atoms with Gasteiger partial charge in [0.25, 0.3) is 5.91 Å². The summed E-state index contributed by atoms with van der Waals surface area (Å²) in [5, 5.41) is 6.25. The Morgan fingerprint density at radius 2 is 2.00 bits per heavy atom. The van der Waals surface area contributed by atoms with Crippen LogP contribution < -0.4 is 15.4 Å². The van der Waals surface area contributed by atoms with Crippen molar-refractivity contribution in [2.75, 3.05) is 46.4 Å². The van der Waals surface area contributed by atoms with Gasteiger partial charge in [-0.15, -0.1) is 24.0 Å². The molecule has 0 atom stereocenters. The molecule has 158 valence electrons. The van der Waals surface area contributed by atoms with Gasteiger partial charge in [0.1, 0.15) is 5.75 Å². The standard InChI is InChI=1S/C20H32N4O3.HI/c1-4-21-20(24-13-9-17(10-14-24)27-5-2)23-12-11-22-19(25)16-7-6-8-18(15-16)26-3;/h6-8,15,17H,4-5,9-14H2,1-3H3,(H,21,23)(H,22,25);1H. The molecular formula is C20H33IN4O3. The van der Waals surface area contributed by atoms with Crippen LogP contribution in [0.2, 0.25) is 0 Å². The second-order valence-electron chi connectivity index (χ2n) is 6.37. The number of aliphatic imine (C=N–C) groups is 1. The van der Waals surface area contributed by atoms with Crippen molar-refractivity contribution in [1.82, 2.24) is 15.5 Å². The van der Waals surface area contributed by atoms with E-state index < -0.39 is 0 Å². The van der Waals surface area contributed by atoms with E-state index >= 15 is 0 Å². The van der Waals surface area contributed by atoms with Gasteiger partial charge < -0.3 is 25.0 Å². The normalized spacial score (nSPS) is 15.0. The van der Waals surface area contributed by atoms with E-state index in [0.717, 1.165) is 45.0 Å². The molecule has 2 rings (SSSR count). The zero-order valence-electron chi connectivity index (χ0n) is 17.1. The third-order valence-electron chi connectivity index (χ3n) is 4.47. The predicted octanol–water partition coefficient (Wildman–Crippen LogP) is 2.51. The maximum Gasteiger partial charge on any atom is 0.251 e. The van der Waals surface area contributed by atoms with Crippen molar-refractivity contribution in [3.63, 3.8) is 0 Å². The lowest BCUT2D eigenvalue weighted by Crippen LogP contribution is -2.47. The number of nitrogens with zero attached hydrogens (tertiary/aromatic N) is 2. The molecule has 1 heterocycles. The van der Waals surface area contributed by atoms with E-state index in [4.69, 9.17) is 9.47 Å². The molecule has 8 heteroatoms. The number of halogens is 1. The van der Waals surface area contributed by atoms with E-state index in [1.54, 1.807) is 25.3 Å². The summed E-state index contributed by atoms with van der Waals surface area (Å²) in [7, 11) is 1.59. The number of hydrogen-bond donors (Lipinski definition) is 2. The van der Waals surface area contributed by atoms with Crippen LogP contribution in [0.5, 0.6) is 5.75 Å². The van der Waals surface area contributed by atoms with Gasteiger partial charge >= 0.3 is 0 Å². The Morgan fingerprint density at radius 1 is 1.25 bits per heavy atom. The molecule has 0 unspecified atom stereocenters. The third kappa shape index (κ3) is 7.83. The molecule has 1 aromatic rings. The number of hydrogen-bond acceptors (Lipinski definition) is 4.